The molecule has 8 nitrogen and oxygen atoms in total. The molecular formula is C17H23N3O5. The molecule has 1 heterocycles. The Bertz CT molecular complexity index is 654. The first-order valence-corrected chi connectivity index (χ1v) is 8.12. The topological polar surface area (TPSA) is 88.2 Å². The van der Waals surface area contributed by atoms with E-state index in [1.165, 1.54) is 14.0 Å². The molecule has 0 aliphatic carbocycles. The lowest BCUT2D eigenvalue weighted by Crippen LogP contribution is -2.50. The minimum absolute atomic E-state index is 0.201. The van der Waals surface area contributed by atoms with Gasteiger partial charge in [-0.1, -0.05) is 0 Å². The third-order valence-corrected chi connectivity index (χ3v) is 3.84. The molecule has 1 aliphatic heterocycles. The van der Waals surface area contributed by atoms with Crippen LogP contribution in [0.15, 0.2) is 18.2 Å². The third kappa shape index (κ3) is 4.62. The highest BCUT2D eigenvalue weighted by Gasteiger charge is 2.27. The number of nitrogens with zero attached hydrogens (tertiary/aromatic N) is 2. The zero-order valence-electron chi connectivity index (χ0n) is 14.7. The van der Waals surface area contributed by atoms with E-state index in [2.05, 4.69) is 5.32 Å². The molecular weight excluding hydrogens is 326 g/mol. The molecule has 0 radical (unpaired) electrons. The van der Waals surface area contributed by atoms with Crippen LogP contribution < -0.4 is 10.1 Å². The number of anilines is 1. The fourth-order valence-electron chi connectivity index (χ4n) is 2.63. The van der Waals surface area contributed by atoms with E-state index in [0.717, 1.165) is 0 Å². The molecule has 8 heteroatoms. The van der Waals surface area contributed by atoms with Crippen molar-refractivity contribution in [3.8, 4) is 5.75 Å². The Labute approximate surface area is 146 Å². The fraction of sp³-hybridized carbons (Fsp3) is 0.471. The van der Waals surface area contributed by atoms with Gasteiger partial charge in [-0.3, -0.25) is 9.59 Å². The summed E-state index contributed by atoms with van der Waals surface area (Å²) < 4.78 is 10.2. The predicted molar refractivity (Wildman–Crippen MR) is 91.8 cm³/mol. The summed E-state index contributed by atoms with van der Waals surface area (Å²) in [5.41, 5.74) is 0.903. The minimum atomic E-state index is -0.361. The summed E-state index contributed by atoms with van der Waals surface area (Å²) in [6, 6.07) is 4.92. The van der Waals surface area contributed by atoms with Crippen LogP contribution in [0.4, 0.5) is 10.5 Å². The van der Waals surface area contributed by atoms with Gasteiger partial charge in [-0.05, 0) is 25.1 Å². The number of rotatable bonds is 4. The molecule has 1 N–H and O–H groups in total. The Morgan fingerprint density at radius 2 is 1.76 bits per heavy atom. The van der Waals surface area contributed by atoms with Gasteiger partial charge in [0.15, 0.2) is 0 Å². The average molecular weight is 349 g/mol. The molecule has 1 aromatic rings. The molecule has 0 aromatic heterocycles. The zero-order chi connectivity index (χ0) is 18.4. The Balaban J connectivity index is 2.10. The summed E-state index contributed by atoms with van der Waals surface area (Å²) in [4.78, 5) is 39.0. The molecule has 3 amide bonds. The summed E-state index contributed by atoms with van der Waals surface area (Å²) in [5.74, 6) is 0.0195. The number of hydrogen-bond donors (Lipinski definition) is 1. The molecule has 2 rings (SSSR count). The quantitative estimate of drug-likeness (QED) is 0.891. The van der Waals surface area contributed by atoms with Crippen LogP contribution in [-0.2, 0) is 9.53 Å². The van der Waals surface area contributed by atoms with E-state index in [1.54, 1.807) is 34.9 Å². The van der Waals surface area contributed by atoms with Gasteiger partial charge in [0.1, 0.15) is 5.75 Å². The van der Waals surface area contributed by atoms with Crippen LogP contribution in [0.3, 0.4) is 0 Å². The first-order chi connectivity index (χ1) is 12.0. The standard InChI is InChI=1S/C17H23N3O5/c1-4-25-17(23)20-9-7-19(8-10-20)16(22)14-11-13(18-12(2)21)5-6-15(14)24-3/h5-6,11H,4,7-10H2,1-3H3,(H,18,21). The Morgan fingerprint density at radius 3 is 2.32 bits per heavy atom. The van der Waals surface area contributed by atoms with Gasteiger partial charge in [0.25, 0.3) is 5.91 Å². The van der Waals surface area contributed by atoms with Crippen LogP contribution in [0.5, 0.6) is 5.75 Å². The lowest BCUT2D eigenvalue weighted by Gasteiger charge is -2.34. The summed E-state index contributed by atoms with van der Waals surface area (Å²) in [5, 5.41) is 2.66. The second-order valence-corrected chi connectivity index (χ2v) is 5.57. The first kappa shape index (κ1) is 18.6. The van der Waals surface area contributed by atoms with Crippen molar-refractivity contribution in [3.05, 3.63) is 23.8 Å². The average Bonchev–Trinajstić information content (AvgIpc) is 2.61. The maximum atomic E-state index is 12.8. The number of nitrogens with one attached hydrogen (secondary N) is 1. The van der Waals surface area contributed by atoms with Crippen molar-refractivity contribution in [1.29, 1.82) is 0 Å². The Hall–Kier alpha value is -2.77. The molecule has 0 atom stereocenters. The number of hydrogen-bond acceptors (Lipinski definition) is 5. The molecule has 1 aromatic carbocycles. The minimum Gasteiger partial charge on any atom is -0.496 e. The summed E-state index contributed by atoms with van der Waals surface area (Å²) >= 11 is 0. The van der Waals surface area contributed by atoms with Crippen molar-refractivity contribution in [1.82, 2.24) is 9.80 Å². The number of carbonyl (C=O) groups is 3. The number of benzene rings is 1. The molecule has 0 saturated carbocycles. The third-order valence-electron chi connectivity index (χ3n) is 3.84. The highest BCUT2D eigenvalue weighted by molar-refractivity contribution is 5.99. The van der Waals surface area contributed by atoms with Crippen LogP contribution in [0.1, 0.15) is 24.2 Å². The van der Waals surface area contributed by atoms with Crippen molar-refractivity contribution in [2.75, 3.05) is 45.2 Å². The number of methoxy groups -OCH3 is 1. The summed E-state index contributed by atoms with van der Waals surface area (Å²) in [6.45, 7) is 5.13. The highest BCUT2D eigenvalue weighted by Crippen LogP contribution is 2.24. The van der Waals surface area contributed by atoms with Gasteiger partial charge in [0.2, 0.25) is 5.91 Å². The van der Waals surface area contributed by atoms with Gasteiger partial charge in [0.05, 0.1) is 19.3 Å². The van der Waals surface area contributed by atoms with Crippen LogP contribution in [0.2, 0.25) is 0 Å². The monoisotopic (exact) mass is 349 g/mol. The number of piperazine rings is 1. The van der Waals surface area contributed by atoms with Gasteiger partial charge in [-0.15, -0.1) is 0 Å². The second-order valence-electron chi connectivity index (χ2n) is 5.57. The molecule has 1 saturated heterocycles. The Morgan fingerprint density at radius 1 is 1.12 bits per heavy atom. The van der Waals surface area contributed by atoms with E-state index >= 15 is 0 Å². The number of amides is 3. The van der Waals surface area contributed by atoms with Crippen molar-refractivity contribution in [2.45, 2.75) is 13.8 Å². The lowest BCUT2D eigenvalue weighted by atomic mass is 10.1. The number of carbonyl (C=O) groups excluding carboxylic acids is 3. The van der Waals surface area contributed by atoms with Crippen LogP contribution in [-0.4, -0.2) is 67.6 Å². The maximum Gasteiger partial charge on any atom is 0.409 e. The molecule has 1 fully saturated rings. The Kier molecular flexibility index (Phi) is 6.21. The largest absolute Gasteiger partial charge is 0.496 e. The van der Waals surface area contributed by atoms with Crippen LogP contribution >= 0.6 is 0 Å². The smallest absolute Gasteiger partial charge is 0.409 e. The van der Waals surface area contributed by atoms with E-state index in [-0.39, 0.29) is 17.9 Å². The first-order valence-electron chi connectivity index (χ1n) is 8.12. The van der Waals surface area contributed by atoms with Crippen LogP contribution in [0, 0.1) is 0 Å². The van der Waals surface area contributed by atoms with Crippen molar-refractivity contribution in [2.24, 2.45) is 0 Å². The molecule has 0 unspecified atom stereocenters. The highest BCUT2D eigenvalue weighted by atomic mass is 16.6. The van der Waals surface area contributed by atoms with E-state index in [9.17, 15) is 14.4 Å². The van der Waals surface area contributed by atoms with Gasteiger partial charge in [-0.25, -0.2) is 4.79 Å². The molecule has 0 bridgehead atoms. The van der Waals surface area contributed by atoms with Crippen molar-refractivity contribution in [3.63, 3.8) is 0 Å². The zero-order valence-corrected chi connectivity index (χ0v) is 14.7. The second kappa shape index (κ2) is 8.36. The predicted octanol–water partition coefficient (Wildman–Crippen LogP) is 1.57. The summed E-state index contributed by atoms with van der Waals surface area (Å²) in [7, 11) is 1.49. The lowest BCUT2D eigenvalue weighted by molar-refractivity contribution is -0.114. The van der Waals surface area contributed by atoms with Crippen molar-refractivity contribution < 1.29 is 23.9 Å². The van der Waals surface area contributed by atoms with E-state index in [0.29, 0.717) is 49.8 Å². The van der Waals surface area contributed by atoms with Gasteiger partial charge in [-0.2, -0.15) is 0 Å². The summed E-state index contributed by atoms with van der Waals surface area (Å²) in [6.07, 6.45) is -0.361. The van der Waals surface area contributed by atoms with E-state index in [1.807, 2.05) is 0 Å². The van der Waals surface area contributed by atoms with Gasteiger partial charge in [0, 0.05) is 38.8 Å². The maximum absolute atomic E-state index is 12.8. The van der Waals surface area contributed by atoms with Crippen molar-refractivity contribution >= 4 is 23.6 Å². The van der Waals surface area contributed by atoms with Gasteiger partial charge < -0.3 is 24.6 Å². The SMILES string of the molecule is CCOC(=O)N1CCN(C(=O)c2cc(NC(C)=O)ccc2OC)CC1. The van der Waals surface area contributed by atoms with E-state index in [4.69, 9.17) is 9.47 Å². The normalized spacial score (nSPS) is 14.0. The fourth-order valence-corrected chi connectivity index (χ4v) is 2.63. The molecule has 136 valence electrons. The molecule has 25 heavy (non-hydrogen) atoms. The van der Waals surface area contributed by atoms with Gasteiger partial charge >= 0.3 is 6.09 Å². The number of ether oxygens (including phenoxy) is 2. The van der Waals surface area contributed by atoms with E-state index < -0.39 is 0 Å². The van der Waals surface area contributed by atoms with Crippen LogP contribution in [0.25, 0.3) is 0 Å². The molecule has 0 spiro atoms. The molecule has 1 aliphatic rings.